The maximum atomic E-state index is 12.6. The zero-order chi connectivity index (χ0) is 19.1. The molecule has 2 saturated heterocycles. The molecule has 2 aliphatic rings. The van der Waals surface area contributed by atoms with Crippen LogP contribution < -0.4 is 5.32 Å². The number of carbonyl (C=O) groups is 1. The van der Waals surface area contributed by atoms with Crippen molar-refractivity contribution in [1.29, 1.82) is 0 Å². The molecule has 27 heavy (non-hydrogen) atoms. The Morgan fingerprint density at radius 2 is 1.74 bits per heavy atom. The van der Waals surface area contributed by atoms with Gasteiger partial charge in [-0.05, 0) is 75.8 Å². The molecule has 2 heterocycles. The summed E-state index contributed by atoms with van der Waals surface area (Å²) in [7, 11) is 0. The van der Waals surface area contributed by atoms with E-state index in [9.17, 15) is 4.79 Å². The normalized spacial score (nSPS) is 21.6. The zero-order valence-electron chi connectivity index (χ0n) is 17.3. The van der Waals surface area contributed by atoms with Gasteiger partial charge in [-0.25, -0.2) is 0 Å². The van der Waals surface area contributed by atoms with Gasteiger partial charge in [0.25, 0.3) is 0 Å². The lowest BCUT2D eigenvalue weighted by atomic mass is 9.98. The monoisotopic (exact) mass is 371 g/mol. The van der Waals surface area contributed by atoms with E-state index in [1.165, 1.54) is 62.7 Å². The van der Waals surface area contributed by atoms with Crippen molar-refractivity contribution >= 4 is 5.91 Å². The Kier molecular flexibility index (Phi) is 7.71. The summed E-state index contributed by atoms with van der Waals surface area (Å²) in [5.41, 5.74) is 2.56. The van der Waals surface area contributed by atoms with Crippen LogP contribution in [0.4, 0.5) is 0 Å². The molecule has 3 rings (SSSR count). The van der Waals surface area contributed by atoms with E-state index < -0.39 is 0 Å². The average Bonchev–Trinajstić information content (AvgIpc) is 2.97. The van der Waals surface area contributed by atoms with Crippen molar-refractivity contribution in [3.63, 3.8) is 0 Å². The van der Waals surface area contributed by atoms with Crippen LogP contribution >= 0.6 is 0 Å². The third-order valence-corrected chi connectivity index (χ3v) is 6.31. The van der Waals surface area contributed by atoms with Crippen molar-refractivity contribution in [3.05, 3.63) is 35.4 Å². The standard InChI is InChI=1S/C23H37N3O/c1-19-10-14-25(15-11-19)18-22-9-7-8-21(16-22)17-24-23(27)20(2)26-12-5-3-4-6-13-26/h7-9,16,19-20H,3-6,10-15,17-18H2,1-2H3,(H,24,27). The second-order valence-electron chi connectivity index (χ2n) is 8.62. The van der Waals surface area contributed by atoms with Crippen molar-refractivity contribution in [1.82, 2.24) is 15.1 Å². The van der Waals surface area contributed by atoms with Crippen LogP contribution in [-0.2, 0) is 17.9 Å². The van der Waals surface area contributed by atoms with E-state index in [2.05, 4.69) is 53.2 Å². The highest BCUT2D eigenvalue weighted by Crippen LogP contribution is 2.18. The van der Waals surface area contributed by atoms with Gasteiger partial charge in [-0.15, -0.1) is 0 Å². The molecule has 4 heteroatoms. The molecule has 0 bridgehead atoms. The van der Waals surface area contributed by atoms with Crippen molar-refractivity contribution in [2.24, 2.45) is 5.92 Å². The van der Waals surface area contributed by atoms with Crippen LogP contribution in [0.25, 0.3) is 0 Å². The number of piperidine rings is 1. The van der Waals surface area contributed by atoms with Crippen molar-refractivity contribution in [2.45, 2.75) is 71.5 Å². The topological polar surface area (TPSA) is 35.6 Å². The van der Waals surface area contributed by atoms with Gasteiger partial charge in [0.1, 0.15) is 0 Å². The Bertz CT molecular complexity index is 587. The molecule has 1 aromatic rings. The van der Waals surface area contributed by atoms with Gasteiger partial charge in [0.2, 0.25) is 5.91 Å². The van der Waals surface area contributed by atoms with Crippen LogP contribution in [0.5, 0.6) is 0 Å². The van der Waals surface area contributed by atoms with Crippen molar-refractivity contribution in [3.8, 4) is 0 Å². The van der Waals surface area contributed by atoms with Gasteiger partial charge in [-0.1, -0.05) is 44.0 Å². The quantitative estimate of drug-likeness (QED) is 0.826. The molecule has 2 aliphatic heterocycles. The second-order valence-corrected chi connectivity index (χ2v) is 8.62. The third-order valence-electron chi connectivity index (χ3n) is 6.31. The van der Waals surface area contributed by atoms with Crippen molar-refractivity contribution < 1.29 is 4.79 Å². The molecule has 0 spiro atoms. The summed E-state index contributed by atoms with van der Waals surface area (Å²) < 4.78 is 0. The number of rotatable bonds is 6. The van der Waals surface area contributed by atoms with Crippen LogP contribution in [0.3, 0.4) is 0 Å². The summed E-state index contributed by atoms with van der Waals surface area (Å²) in [6.45, 7) is 10.6. The predicted molar refractivity (Wildman–Crippen MR) is 111 cm³/mol. The highest BCUT2D eigenvalue weighted by atomic mass is 16.2. The van der Waals surface area contributed by atoms with Gasteiger partial charge in [-0.2, -0.15) is 0 Å². The van der Waals surface area contributed by atoms with E-state index in [1.54, 1.807) is 0 Å². The van der Waals surface area contributed by atoms with Gasteiger partial charge in [0.05, 0.1) is 6.04 Å². The number of nitrogens with one attached hydrogen (secondary N) is 1. The Morgan fingerprint density at radius 1 is 1.07 bits per heavy atom. The molecule has 0 radical (unpaired) electrons. The molecule has 0 saturated carbocycles. The average molecular weight is 372 g/mol. The summed E-state index contributed by atoms with van der Waals surface area (Å²) in [6, 6.07) is 8.69. The first-order valence-electron chi connectivity index (χ1n) is 10.9. The summed E-state index contributed by atoms with van der Waals surface area (Å²) in [4.78, 5) is 17.5. The minimum atomic E-state index is -0.0263. The minimum Gasteiger partial charge on any atom is -0.351 e. The number of benzene rings is 1. The fourth-order valence-electron chi connectivity index (χ4n) is 4.30. The van der Waals surface area contributed by atoms with Gasteiger partial charge in [-0.3, -0.25) is 14.6 Å². The molecule has 0 aromatic heterocycles. The van der Waals surface area contributed by atoms with Crippen molar-refractivity contribution in [2.75, 3.05) is 26.2 Å². The lowest BCUT2D eigenvalue weighted by molar-refractivity contribution is -0.126. The third kappa shape index (κ3) is 6.32. The number of nitrogens with zero attached hydrogens (tertiary/aromatic N) is 2. The number of amides is 1. The largest absolute Gasteiger partial charge is 0.351 e. The molecular formula is C23H37N3O. The number of hydrogen-bond donors (Lipinski definition) is 1. The predicted octanol–water partition coefficient (Wildman–Crippen LogP) is 3.80. The van der Waals surface area contributed by atoms with Gasteiger partial charge in [0, 0.05) is 13.1 Å². The fraction of sp³-hybridized carbons (Fsp3) is 0.696. The Labute approximate surface area is 165 Å². The van der Waals surface area contributed by atoms with Gasteiger partial charge >= 0.3 is 0 Å². The highest BCUT2D eigenvalue weighted by molar-refractivity contribution is 5.81. The van der Waals surface area contributed by atoms with Gasteiger partial charge < -0.3 is 5.32 Å². The summed E-state index contributed by atoms with van der Waals surface area (Å²) >= 11 is 0. The van der Waals surface area contributed by atoms with Crippen LogP contribution in [-0.4, -0.2) is 47.9 Å². The molecule has 1 amide bonds. The maximum Gasteiger partial charge on any atom is 0.237 e. The van der Waals surface area contributed by atoms with Crippen LogP contribution in [0.15, 0.2) is 24.3 Å². The molecule has 2 fully saturated rings. The lowest BCUT2D eigenvalue weighted by Gasteiger charge is -2.30. The number of likely N-dealkylation sites (tertiary alicyclic amines) is 2. The Hall–Kier alpha value is -1.39. The fourth-order valence-corrected chi connectivity index (χ4v) is 4.30. The molecule has 4 nitrogen and oxygen atoms in total. The van der Waals surface area contributed by atoms with Gasteiger partial charge in [0.15, 0.2) is 0 Å². The smallest absolute Gasteiger partial charge is 0.237 e. The SMILES string of the molecule is CC1CCN(Cc2cccc(CNC(=O)C(C)N3CCCCCC3)c2)CC1. The molecule has 1 N–H and O–H groups in total. The summed E-state index contributed by atoms with van der Waals surface area (Å²) in [5.74, 6) is 1.03. The molecule has 0 aliphatic carbocycles. The van der Waals surface area contributed by atoms with Crippen LogP contribution in [0.2, 0.25) is 0 Å². The molecular weight excluding hydrogens is 334 g/mol. The second kappa shape index (κ2) is 10.2. The molecule has 1 unspecified atom stereocenters. The molecule has 1 aromatic carbocycles. The Balaban J connectivity index is 1.48. The van der Waals surface area contributed by atoms with E-state index in [4.69, 9.17) is 0 Å². The van der Waals surface area contributed by atoms with E-state index in [-0.39, 0.29) is 11.9 Å². The first kappa shape index (κ1) is 20.3. The van der Waals surface area contributed by atoms with E-state index in [0.29, 0.717) is 6.54 Å². The maximum absolute atomic E-state index is 12.6. The number of hydrogen-bond acceptors (Lipinski definition) is 3. The first-order chi connectivity index (χ1) is 13.1. The minimum absolute atomic E-state index is 0.0263. The lowest BCUT2D eigenvalue weighted by Crippen LogP contribution is -2.45. The molecule has 150 valence electrons. The van der Waals surface area contributed by atoms with E-state index >= 15 is 0 Å². The summed E-state index contributed by atoms with van der Waals surface area (Å²) in [6.07, 6.45) is 7.65. The summed E-state index contributed by atoms with van der Waals surface area (Å²) in [5, 5.41) is 3.16. The molecule has 1 atom stereocenters. The highest BCUT2D eigenvalue weighted by Gasteiger charge is 2.21. The van der Waals surface area contributed by atoms with Crippen LogP contribution in [0, 0.1) is 5.92 Å². The first-order valence-corrected chi connectivity index (χ1v) is 10.9. The Morgan fingerprint density at radius 3 is 2.44 bits per heavy atom. The van der Waals surface area contributed by atoms with Crippen LogP contribution in [0.1, 0.15) is 63.5 Å². The number of carbonyl (C=O) groups excluding carboxylic acids is 1. The zero-order valence-corrected chi connectivity index (χ0v) is 17.3. The van der Waals surface area contributed by atoms with E-state index in [1.807, 2.05) is 0 Å². The van der Waals surface area contributed by atoms with E-state index in [0.717, 1.165) is 25.6 Å².